The van der Waals surface area contributed by atoms with Crippen LogP contribution in [0.3, 0.4) is 0 Å². The van der Waals surface area contributed by atoms with Gasteiger partial charge in [0.05, 0.1) is 36.3 Å². The number of pyridine rings is 1. The van der Waals surface area contributed by atoms with Crippen molar-refractivity contribution in [2.75, 3.05) is 0 Å². The van der Waals surface area contributed by atoms with Gasteiger partial charge in [-0.3, -0.25) is 14.3 Å². The van der Waals surface area contributed by atoms with Gasteiger partial charge in [-0.1, -0.05) is 25.0 Å². The van der Waals surface area contributed by atoms with E-state index in [1.54, 1.807) is 47.7 Å². The van der Waals surface area contributed by atoms with Gasteiger partial charge >= 0.3 is 0 Å². The van der Waals surface area contributed by atoms with Crippen molar-refractivity contribution in [2.24, 2.45) is 14.1 Å². The number of hydrogen-bond donors (Lipinski definition) is 2. The van der Waals surface area contributed by atoms with E-state index in [0.29, 0.717) is 29.7 Å². The second kappa shape index (κ2) is 9.10. The molecule has 1 fully saturated rings. The molecule has 1 amide bonds. The summed E-state index contributed by atoms with van der Waals surface area (Å²) in [5.41, 5.74) is 1.96. The fourth-order valence-corrected chi connectivity index (χ4v) is 4.69. The van der Waals surface area contributed by atoms with Crippen LogP contribution in [0, 0.1) is 5.82 Å². The van der Waals surface area contributed by atoms with Gasteiger partial charge in [0.15, 0.2) is 0 Å². The molecule has 35 heavy (non-hydrogen) atoms. The molecule has 9 nitrogen and oxygen atoms in total. The summed E-state index contributed by atoms with van der Waals surface area (Å²) >= 11 is 0. The molecule has 4 aromatic rings. The van der Waals surface area contributed by atoms with Gasteiger partial charge in [-0.05, 0) is 25.0 Å². The Bertz CT molecular complexity index is 1470. The molecule has 0 radical (unpaired) electrons. The molecular weight excluding hydrogens is 451 g/mol. The number of imidazole rings is 1. The SMILES string of the molecule is Cn1ccc(-c2ccc(Cn3cc(C(=O)N[C@H]4CCCC[C@@H]4O)c4ncn(C)c4c3=O)c(F)c2)n1. The van der Waals surface area contributed by atoms with Crippen LogP contribution in [0.1, 0.15) is 41.6 Å². The first kappa shape index (κ1) is 23.0. The van der Waals surface area contributed by atoms with E-state index in [0.717, 1.165) is 12.8 Å². The Balaban J connectivity index is 1.50. The Morgan fingerprint density at radius 3 is 2.74 bits per heavy atom. The topological polar surface area (TPSA) is 107 Å². The number of aromatic nitrogens is 5. The molecule has 2 N–H and O–H groups in total. The number of benzene rings is 1. The molecule has 2 atom stereocenters. The zero-order chi connectivity index (χ0) is 24.7. The average Bonchev–Trinajstić information content (AvgIpc) is 3.44. The number of aryl methyl sites for hydroxylation is 2. The first-order chi connectivity index (χ1) is 16.8. The summed E-state index contributed by atoms with van der Waals surface area (Å²) in [6.45, 7) is -0.0549. The maximum absolute atomic E-state index is 15.0. The van der Waals surface area contributed by atoms with E-state index in [-0.39, 0.29) is 34.7 Å². The van der Waals surface area contributed by atoms with E-state index < -0.39 is 17.8 Å². The second-order valence-corrected chi connectivity index (χ2v) is 9.14. The predicted molar refractivity (Wildman–Crippen MR) is 128 cm³/mol. The van der Waals surface area contributed by atoms with Crippen LogP contribution >= 0.6 is 0 Å². The van der Waals surface area contributed by atoms with Crippen molar-refractivity contribution >= 4 is 16.9 Å². The van der Waals surface area contributed by atoms with Crippen molar-refractivity contribution < 1.29 is 14.3 Å². The lowest BCUT2D eigenvalue weighted by molar-refractivity contribution is 0.0718. The van der Waals surface area contributed by atoms with E-state index in [1.165, 1.54) is 23.2 Å². The predicted octanol–water partition coefficient (Wildman–Crippen LogP) is 2.36. The van der Waals surface area contributed by atoms with Crippen molar-refractivity contribution in [2.45, 2.75) is 44.4 Å². The zero-order valence-electron chi connectivity index (χ0n) is 19.6. The summed E-state index contributed by atoms with van der Waals surface area (Å²) in [4.78, 5) is 30.7. The standard InChI is InChI=1S/C25H27FN6O3/c1-30-14-27-22-17(24(34)28-20-5-3-4-6-21(20)33)13-32(25(35)23(22)30)12-16-8-7-15(11-18(16)26)19-9-10-31(2)29-19/h7-11,13-14,20-21,33H,3-6,12H2,1-2H3,(H,28,34)/t20-,21-/m0/s1. The molecule has 1 aliphatic rings. The first-order valence-electron chi connectivity index (χ1n) is 11.6. The van der Waals surface area contributed by atoms with E-state index in [9.17, 15) is 14.7 Å². The lowest BCUT2D eigenvalue weighted by atomic mass is 9.92. The van der Waals surface area contributed by atoms with Crippen LogP contribution in [-0.4, -0.2) is 47.1 Å². The minimum absolute atomic E-state index is 0.0549. The Morgan fingerprint density at radius 2 is 2.03 bits per heavy atom. The molecular formula is C25H27FN6O3. The van der Waals surface area contributed by atoms with Gasteiger partial charge in [0.1, 0.15) is 16.9 Å². The lowest BCUT2D eigenvalue weighted by Crippen LogP contribution is -2.45. The summed E-state index contributed by atoms with van der Waals surface area (Å²) in [6.07, 6.45) is 7.25. The number of halogens is 1. The van der Waals surface area contributed by atoms with Crippen LogP contribution in [0.5, 0.6) is 0 Å². The molecule has 5 rings (SSSR count). The number of nitrogens with one attached hydrogen (secondary N) is 1. The van der Waals surface area contributed by atoms with Crippen LogP contribution in [0.2, 0.25) is 0 Å². The number of nitrogens with zero attached hydrogens (tertiary/aromatic N) is 5. The highest BCUT2D eigenvalue weighted by Crippen LogP contribution is 2.22. The molecule has 0 saturated heterocycles. The highest BCUT2D eigenvalue weighted by atomic mass is 19.1. The summed E-state index contributed by atoms with van der Waals surface area (Å²) in [5, 5.41) is 17.5. The van der Waals surface area contributed by atoms with Gasteiger partial charge in [-0.25, -0.2) is 9.37 Å². The number of aliphatic hydroxyl groups is 1. The molecule has 10 heteroatoms. The molecule has 1 aromatic carbocycles. The fraction of sp³-hybridized carbons (Fsp3) is 0.360. The number of carbonyl (C=O) groups is 1. The monoisotopic (exact) mass is 478 g/mol. The van der Waals surface area contributed by atoms with Gasteiger partial charge < -0.3 is 19.6 Å². The number of hydrogen-bond acceptors (Lipinski definition) is 5. The maximum atomic E-state index is 15.0. The summed E-state index contributed by atoms with van der Waals surface area (Å²) in [6, 6.07) is 6.21. The molecule has 0 bridgehead atoms. The third kappa shape index (κ3) is 4.37. The highest BCUT2D eigenvalue weighted by molar-refractivity contribution is 6.04. The van der Waals surface area contributed by atoms with Gasteiger partial charge in [0.25, 0.3) is 11.5 Å². The summed E-state index contributed by atoms with van der Waals surface area (Å²) < 4.78 is 19.6. The summed E-state index contributed by atoms with van der Waals surface area (Å²) in [7, 11) is 3.47. The van der Waals surface area contributed by atoms with Crippen LogP contribution < -0.4 is 10.9 Å². The zero-order valence-corrected chi connectivity index (χ0v) is 19.6. The van der Waals surface area contributed by atoms with Gasteiger partial charge in [-0.2, -0.15) is 5.10 Å². The molecule has 1 aliphatic carbocycles. The number of carbonyl (C=O) groups excluding carboxylic acids is 1. The van der Waals surface area contributed by atoms with Gasteiger partial charge in [0.2, 0.25) is 0 Å². The first-order valence-corrected chi connectivity index (χ1v) is 11.6. The van der Waals surface area contributed by atoms with Gasteiger partial charge in [0, 0.05) is 37.6 Å². The maximum Gasteiger partial charge on any atom is 0.277 e. The molecule has 0 spiro atoms. The molecule has 0 unspecified atom stereocenters. The largest absolute Gasteiger partial charge is 0.391 e. The van der Waals surface area contributed by atoms with Crippen molar-refractivity contribution in [1.29, 1.82) is 0 Å². The number of rotatable bonds is 5. The van der Waals surface area contributed by atoms with Crippen molar-refractivity contribution in [3.8, 4) is 11.3 Å². The van der Waals surface area contributed by atoms with E-state index in [4.69, 9.17) is 0 Å². The Hall–Kier alpha value is -3.79. The fourth-order valence-electron chi connectivity index (χ4n) is 4.69. The Labute approximate surface area is 200 Å². The van der Waals surface area contributed by atoms with Crippen LogP contribution in [-0.2, 0) is 20.6 Å². The van der Waals surface area contributed by atoms with Crippen LogP contribution in [0.15, 0.2) is 47.8 Å². The minimum Gasteiger partial charge on any atom is -0.391 e. The minimum atomic E-state index is -0.607. The van der Waals surface area contributed by atoms with Crippen molar-refractivity contribution in [3.63, 3.8) is 0 Å². The number of amides is 1. The summed E-state index contributed by atoms with van der Waals surface area (Å²) in [5.74, 6) is -0.888. The lowest BCUT2D eigenvalue weighted by Gasteiger charge is -2.28. The third-order valence-corrected chi connectivity index (χ3v) is 6.63. The van der Waals surface area contributed by atoms with E-state index >= 15 is 4.39 Å². The number of fused-ring (bicyclic) bond motifs is 1. The Kier molecular flexibility index (Phi) is 5.98. The molecule has 182 valence electrons. The molecule has 3 aromatic heterocycles. The van der Waals surface area contributed by atoms with Gasteiger partial charge in [-0.15, -0.1) is 0 Å². The Morgan fingerprint density at radius 1 is 1.23 bits per heavy atom. The molecule has 0 aliphatic heterocycles. The van der Waals surface area contributed by atoms with Crippen LogP contribution in [0.4, 0.5) is 4.39 Å². The normalized spacial score (nSPS) is 18.2. The quantitative estimate of drug-likeness (QED) is 0.458. The van der Waals surface area contributed by atoms with Crippen molar-refractivity contribution in [3.05, 3.63) is 70.3 Å². The van der Waals surface area contributed by atoms with E-state index in [1.807, 2.05) is 0 Å². The van der Waals surface area contributed by atoms with Crippen molar-refractivity contribution in [1.82, 2.24) is 29.2 Å². The smallest absolute Gasteiger partial charge is 0.277 e. The number of aliphatic hydroxyl groups excluding tert-OH is 1. The van der Waals surface area contributed by atoms with E-state index in [2.05, 4.69) is 15.4 Å². The second-order valence-electron chi connectivity index (χ2n) is 9.14. The average molecular weight is 479 g/mol. The van der Waals surface area contributed by atoms with Crippen LogP contribution in [0.25, 0.3) is 22.3 Å². The molecule has 3 heterocycles. The molecule has 1 saturated carbocycles. The third-order valence-electron chi connectivity index (χ3n) is 6.63. The highest BCUT2D eigenvalue weighted by Gasteiger charge is 2.27.